The van der Waals surface area contributed by atoms with Crippen molar-refractivity contribution in [1.82, 2.24) is 29.9 Å². The predicted molar refractivity (Wildman–Crippen MR) is 429 cm³/mol. The first-order valence-corrected chi connectivity index (χ1v) is 34.7. The molecular formula is C94H89Ir2N6O4+. The molecule has 0 spiro atoms. The van der Waals surface area contributed by atoms with E-state index >= 15 is 0 Å². The zero-order chi connectivity index (χ0) is 74.1. The van der Waals surface area contributed by atoms with Crippen LogP contribution in [0.25, 0.3) is 111 Å². The van der Waals surface area contributed by atoms with Crippen molar-refractivity contribution in [2.75, 3.05) is 14.2 Å². The smallest absolute Gasteiger partial charge is 0.501 e. The zero-order valence-corrected chi connectivity index (χ0v) is 67.3. The maximum Gasteiger partial charge on any atom is 3.00 e. The first kappa shape index (κ1) is 82.8. The average molecular weight is 1750 g/mol. The van der Waals surface area contributed by atoms with Crippen LogP contribution in [0, 0.1) is 85.7 Å². The molecule has 0 amide bonds. The first-order valence-electron chi connectivity index (χ1n) is 34.7. The summed E-state index contributed by atoms with van der Waals surface area (Å²) in [5.41, 5.74) is 28.2. The van der Waals surface area contributed by atoms with Crippen molar-refractivity contribution in [3.63, 3.8) is 0 Å². The van der Waals surface area contributed by atoms with Crippen molar-refractivity contribution < 1.29 is 59.3 Å². The number of para-hydroxylation sites is 3. The van der Waals surface area contributed by atoms with E-state index in [4.69, 9.17) is 19.0 Å². The molecule has 0 fully saturated rings. The van der Waals surface area contributed by atoms with Gasteiger partial charge in [0.05, 0.1) is 11.3 Å². The van der Waals surface area contributed by atoms with Gasteiger partial charge in [-0.2, -0.15) is 0 Å². The molecule has 0 unspecified atom stereocenters. The van der Waals surface area contributed by atoms with Crippen molar-refractivity contribution in [3.8, 4) is 67.5 Å². The van der Waals surface area contributed by atoms with Crippen molar-refractivity contribution in [1.29, 1.82) is 0 Å². The van der Waals surface area contributed by atoms with Crippen LogP contribution >= 0.6 is 0 Å². The molecule has 0 saturated heterocycles. The second-order valence-electron chi connectivity index (χ2n) is 25.5. The van der Waals surface area contributed by atoms with Crippen LogP contribution < -0.4 is 0 Å². The fraction of sp³-hybridized carbons (Fsp3) is 0.170. The van der Waals surface area contributed by atoms with Gasteiger partial charge in [-0.25, -0.2) is 0 Å². The maximum absolute atomic E-state index is 7.00. The van der Waals surface area contributed by atoms with Gasteiger partial charge in [0, 0.05) is 73.1 Å². The number of hydrogen-bond donors (Lipinski definition) is 2. The Hall–Kier alpha value is -10.5. The second kappa shape index (κ2) is 41.2. The summed E-state index contributed by atoms with van der Waals surface area (Å²) in [5, 5.41) is 18.5. The number of aliphatic hydroxyl groups is 2. The molecule has 0 aliphatic rings. The topological polar surface area (TPSA) is 144 Å². The zero-order valence-electron chi connectivity index (χ0n) is 62.5. The van der Waals surface area contributed by atoms with Crippen molar-refractivity contribution in [2.45, 2.75) is 94.9 Å². The number of aryl methyl sites for hydroxylation is 8. The largest absolute Gasteiger partial charge is 3.00 e. The Kier molecular flexibility index (Phi) is 32.2. The summed E-state index contributed by atoms with van der Waals surface area (Å²) >= 11 is 0. The van der Waals surface area contributed by atoms with E-state index in [9.17, 15) is 0 Å². The number of aliphatic hydroxyl groups excluding tert-OH is 2. The third-order valence-corrected chi connectivity index (χ3v) is 17.6. The quantitative estimate of drug-likeness (QED) is 0.141. The molecular weight excluding hydrogens is 1660 g/mol. The van der Waals surface area contributed by atoms with Crippen LogP contribution in [0.3, 0.4) is 0 Å². The number of hydrogen-bond acceptors (Lipinski definition) is 10. The molecule has 536 valence electrons. The number of benzene rings is 8. The molecule has 16 rings (SSSR count). The average Bonchev–Trinajstić information content (AvgIpc) is 1.62. The molecule has 10 nitrogen and oxygen atoms in total. The summed E-state index contributed by atoms with van der Waals surface area (Å²) in [5.74, 6) is 0.952. The van der Waals surface area contributed by atoms with E-state index in [-0.39, 0.29) is 40.2 Å². The number of aromatic nitrogens is 6. The number of furan rings is 2. The Morgan fingerprint density at radius 3 is 0.981 bits per heavy atom. The summed E-state index contributed by atoms with van der Waals surface area (Å²) in [7, 11) is 2.00. The van der Waals surface area contributed by atoms with Crippen LogP contribution in [0.15, 0.2) is 270 Å². The van der Waals surface area contributed by atoms with E-state index in [0.29, 0.717) is 11.8 Å². The minimum Gasteiger partial charge on any atom is -0.501 e. The van der Waals surface area contributed by atoms with Gasteiger partial charge < -0.3 is 44.0 Å². The maximum atomic E-state index is 7.00. The fourth-order valence-corrected chi connectivity index (χ4v) is 11.0. The summed E-state index contributed by atoms with van der Waals surface area (Å²) in [6, 6.07) is 90.9. The second-order valence-corrected chi connectivity index (χ2v) is 25.5. The molecule has 8 aromatic heterocycles. The molecule has 106 heavy (non-hydrogen) atoms. The van der Waals surface area contributed by atoms with Crippen molar-refractivity contribution in [3.05, 3.63) is 348 Å². The summed E-state index contributed by atoms with van der Waals surface area (Å²) < 4.78 is 12.2. The standard InChI is InChI=1S/C20H17NO.C20H16NO.4C13H12N.2CH4O.2Ir/c2*1-13(2)14-10-11-21-18(12-14)17-8-5-7-16-15-6-3-4-9-19(15)22-20(16)17;4*1-10-8-13(14-9-11(10)2)12-6-4-3-5-7-12;2*1-2;;/h3-13H,1-2H3;3-7,9-13H,1-2H3;4*3-6,8-9H,1-2H3;2*2H,1H3;;/q;5*-1;;;2*+3. The first-order chi connectivity index (χ1) is 50.6. The molecule has 0 atom stereocenters. The number of rotatable bonds is 8. The van der Waals surface area contributed by atoms with Gasteiger partial charge in [-0.3, -0.25) is 4.98 Å². The SMILES string of the molecule is CC(C)c1ccnc(-c2[c-]ccc3c2oc2ccccc23)c1.CC(C)c1ccnc(-c2cccc3c2oc2ccccc23)c1.CO.CO.Cc1cnc(-c2[c-]cccc2)cc1C.Cc1cnc(-c2[c-]cccc2)cc1C.Cc1cnc(-c2[c-]cccc2)cc1C.Cc1cnc(-c2[c-]cccc2)cc1C.[Ir+3].[Ir+3]. The molecule has 12 heteroatoms. The van der Waals surface area contributed by atoms with Crippen molar-refractivity contribution >= 4 is 43.9 Å². The monoisotopic (exact) mass is 1750 g/mol. The molecule has 0 saturated carbocycles. The molecule has 8 aromatic carbocycles. The van der Waals surface area contributed by atoms with Gasteiger partial charge in [0.2, 0.25) is 0 Å². The predicted octanol–water partition coefficient (Wildman–Crippen LogP) is 23.2. The van der Waals surface area contributed by atoms with E-state index in [1.807, 2.05) is 177 Å². The number of nitrogens with zero attached hydrogens (tertiary/aromatic N) is 6. The van der Waals surface area contributed by atoms with Crippen LogP contribution in [0.2, 0.25) is 0 Å². The van der Waals surface area contributed by atoms with Gasteiger partial charge in [0.1, 0.15) is 16.7 Å². The summed E-state index contributed by atoms with van der Waals surface area (Å²) in [6.07, 6.45) is 11.4. The molecule has 0 aliphatic carbocycles. The van der Waals surface area contributed by atoms with Gasteiger partial charge in [-0.05, 0) is 160 Å². The van der Waals surface area contributed by atoms with Crippen LogP contribution in [0.5, 0.6) is 0 Å². The third kappa shape index (κ3) is 21.8. The Labute approximate surface area is 652 Å². The van der Waals surface area contributed by atoms with E-state index in [2.05, 4.69) is 228 Å². The van der Waals surface area contributed by atoms with Gasteiger partial charge in [-0.1, -0.05) is 145 Å². The van der Waals surface area contributed by atoms with Gasteiger partial charge >= 0.3 is 40.2 Å². The summed E-state index contributed by atoms with van der Waals surface area (Å²) in [4.78, 5) is 26.6. The minimum absolute atomic E-state index is 0. The molecule has 2 N–H and O–H groups in total. The van der Waals surface area contributed by atoms with Crippen molar-refractivity contribution in [2.24, 2.45) is 0 Å². The molecule has 0 bridgehead atoms. The van der Waals surface area contributed by atoms with E-state index < -0.39 is 0 Å². The van der Waals surface area contributed by atoms with E-state index in [1.54, 1.807) is 0 Å². The van der Waals surface area contributed by atoms with Gasteiger partial charge in [0.15, 0.2) is 0 Å². The number of pyridine rings is 6. The Bertz CT molecular complexity index is 4870. The molecule has 0 radical (unpaired) electrons. The van der Waals surface area contributed by atoms with Crippen LogP contribution in [-0.4, -0.2) is 54.3 Å². The van der Waals surface area contributed by atoms with Crippen LogP contribution in [-0.2, 0) is 40.2 Å². The minimum atomic E-state index is 0. The molecule has 8 heterocycles. The van der Waals surface area contributed by atoms with Gasteiger partial charge in [0.25, 0.3) is 0 Å². The van der Waals surface area contributed by atoms with Gasteiger partial charge in [-0.15, -0.1) is 162 Å². The van der Waals surface area contributed by atoms with Crippen LogP contribution in [0.1, 0.15) is 95.2 Å². The summed E-state index contributed by atoms with van der Waals surface area (Å²) in [6.45, 7) is 25.4. The Morgan fingerprint density at radius 1 is 0.292 bits per heavy atom. The Morgan fingerprint density at radius 2 is 0.623 bits per heavy atom. The molecule has 16 aromatic rings. The van der Waals surface area contributed by atoms with E-state index in [1.165, 1.54) is 55.6 Å². The normalized spacial score (nSPS) is 10.3. The molecule has 0 aliphatic heterocycles. The number of fused-ring (bicyclic) bond motifs is 6. The van der Waals surface area contributed by atoms with Crippen LogP contribution in [0.4, 0.5) is 0 Å². The van der Waals surface area contributed by atoms with E-state index in [0.717, 1.165) is 126 Å². The Balaban J connectivity index is 0.000000177. The fourth-order valence-electron chi connectivity index (χ4n) is 11.0. The third-order valence-electron chi connectivity index (χ3n) is 17.6.